The van der Waals surface area contributed by atoms with Crippen LogP contribution in [0.2, 0.25) is 0 Å². The van der Waals surface area contributed by atoms with Gasteiger partial charge >= 0.3 is 0 Å². The van der Waals surface area contributed by atoms with Crippen molar-refractivity contribution >= 4 is 17.7 Å². The summed E-state index contributed by atoms with van der Waals surface area (Å²) in [6, 6.07) is 11.9. The van der Waals surface area contributed by atoms with E-state index in [0.29, 0.717) is 12.2 Å². The van der Waals surface area contributed by atoms with Gasteiger partial charge in [0.05, 0.1) is 12.6 Å². The number of nitrogens with one attached hydrogen (secondary N) is 2. The molecule has 1 atom stereocenters. The van der Waals surface area contributed by atoms with E-state index in [1.165, 1.54) is 29.2 Å². The molecule has 0 saturated heterocycles. The van der Waals surface area contributed by atoms with Crippen molar-refractivity contribution in [1.82, 2.24) is 15.5 Å². The lowest BCUT2D eigenvalue weighted by Gasteiger charge is -2.21. The number of likely N-dealkylation sites (N-methyl/N-ethyl adjacent to an activating group) is 1. The van der Waals surface area contributed by atoms with Gasteiger partial charge in [0.15, 0.2) is 6.61 Å². The molecule has 0 aliphatic carbocycles. The molecule has 8 heteroatoms. The van der Waals surface area contributed by atoms with E-state index in [1.54, 1.807) is 26.2 Å². The van der Waals surface area contributed by atoms with E-state index in [1.807, 2.05) is 19.1 Å². The van der Waals surface area contributed by atoms with Crippen molar-refractivity contribution in [2.45, 2.75) is 19.4 Å². The Hall–Kier alpha value is -3.42. The van der Waals surface area contributed by atoms with Crippen molar-refractivity contribution in [2.75, 3.05) is 27.2 Å². The number of nitrogens with zero attached hydrogens (tertiary/aromatic N) is 1. The summed E-state index contributed by atoms with van der Waals surface area (Å²) in [5.41, 5.74) is 1.00. The third-order valence-corrected chi connectivity index (χ3v) is 4.40. The molecule has 1 unspecified atom stereocenters. The third-order valence-electron chi connectivity index (χ3n) is 4.40. The van der Waals surface area contributed by atoms with Crippen molar-refractivity contribution in [1.29, 1.82) is 0 Å². The molecule has 0 radical (unpaired) electrons. The predicted octanol–water partition coefficient (Wildman–Crippen LogP) is 2.29. The lowest BCUT2D eigenvalue weighted by atomic mass is 10.0. The van der Waals surface area contributed by atoms with Gasteiger partial charge < -0.3 is 20.3 Å². The van der Waals surface area contributed by atoms with Crippen LogP contribution in [0.3, 0.4) is 0 Å². The molecule has 0 aliphatic heterocycles. The average Bonchev–Trinajstić information content (AvgIpc) is 2.74. The lowest BCUT2D eigenvalue weighted by Crippen LogP contribution is -2.38. The maximum Gasteiger partial charge on any atom is 0.259 e. The van der Waals surface area contributed by atoms with Crippen LogP contribution in [0.15, 0.2) is 48.5 Å². The van der Waals surface area contributed by atoms with Crippen LogP contribution in [-0.4, -0.2) is 49.9 Å². The Kier molecular flexibility index (Phi) is 8.34. The molecular formula is C22H26FN3O4. The van der Waals surface area contributed by atoms with Crippen LogP contribution in [0, 0.1) is 5.82 Å². The number of hydrogen-bond donors (Lipinski definition) is 2. The molecular weight excluding hydrogens is 389 g/mol. The summed E-state index contributed by atoms with van der Waals surface area (Å²) in [7, 11) is 3.29. The summed E-state index contributed by atoms with van der Waals surface area (Å²) < 4.78 is 18.6. The monoisotopic (exact) mass is 415 g/mol. The van der Waals surface area contributed by atoms with Gasteiger partial charge in [0.25, 0.3) is 11.8 Å². The van der Waals surface area contributed by atoms with Crippen molar-refractivity contribution in [3.63, 3.8) is 0 Å². The quantitative estimate of drug-likeness (QED) is 0.658. The second kappa shape index (κ2) is 10.9. The molecule has 3 amide bonds. The Morgan fingerprint density at radius 2 is 1.73 bits per heavy atom. The van der Waals surface area contributed by atoms with Gasteiger partial charge in [0.1, 0.15) is 11.6 Å². The van der Waals surface area contributed by atoms with E-state index in [9.17, 15) is 18.8 Å². The minimum Gasteiger partial charge on any atom is -0.483 e. The van der Waals surface area contributed by atoms with Crippen LogP contribution in [0.25, 0.3) is 0 Å². The first kappa shape index (κ1) is 22.9. The van der Waals surface area contributed by atoms with Crippen molar-refractivity contribution in [3.05, 3.63) is 65.5 Å². The van der Waals surface area contributed by atoms with E-state index in [-0.39, 0.29) is 36.6 Å². The Labute approximate surface area is 175 Å². The maximum atomic E-state index is 13.0. The van der Waals surface area contributed by atoms with E-state index in [4.69, 9.17) is 4.74 Å². The Morgan fingerprint density at radius 1 is 1.07 bits per heavy atom. The zero-order valence-electron chi connectivity index (χ0n) is 17.3. The Bertz CT molecular complexity index is 884. The Morgan fingerprint density at radius 3 is 2.37 bits per heavy atom. The molecule has 0 spiro atoms. The maximum absolute atomic E-state index is 13.0. The summed E-state index contributed by atoms with van der Waals surface area (Å²) in [6.07, 6.45) is 0.583. The largest absolute Gasteiger partial charge is 0.483 e. The van der Waals surface area contributed by atoms with Crippen LogP contribution >= 0.6 is 0 Å². The van der Waals surface area contributed by atoms with Crippen molar-refractivity contribution < 1.29 is 23.5 Å². The predicted molar refractivity (Wildman–Crippen MR) is 111 cm³/mol. The first-order valence-electron chi connectivity index (χ1n) is 9.56. The fourth-order valence-corrected chi connectivity index (χ4v) is 2.68. The van der Waals surface area contributed by atoms with Gasteiger partial charge in [-0.15, -0.1) is 0 Å². The second-order valence-corrected chi connectivity index (χ2v) is 6.83. The molecule has 0 saturated carbocycles. The molecule has 0 aromatic heterocycles. The highest BCUT2D eigenvalue weighted by molar-refractivity contribution is 5.96. The minimum atomic E-state index is -0.468. The van der Waals surface area contributed by atoms with Gasteiger partial charge in [0.2, 0.25) is 5.91 Å². The summed E-state index contributed by atoms with van der Waals surface area (Å²) in [4.78, 5) is 37.7. The zero-order valence-corrected chi connectivity index (χ0v) is 17.3. The van der Waals surface area contributed by atoms with E-state index in [2.05, 4.69) is 10.6 Å². The molecule has 0 fully saturated rings. The molecule has 0 bridgehead atoms. The van der Waals surface area contributed by atoms with E-state index < -0.39 is 11.7 Å². The highest BCUT2D eigenvalue weighted by Gasteiger charge is 2.18. The Balaban J connectivity index is 1.97. The van der Waals surface area contributed by atoms with Crippen LogP contribution in [0.5, 0.6) is 5.75 Å². The molecule has 0 heterocycles. The number of amides is 3. The van der Waals surface area contributed by atoms with Gasteiger partial charge in [-0.1, -0.05) is 25.1 Å². The number of carbonyl (C=O) groups is 3. The van der Waals surface area contributed by atoms with Gasteiger partial charge in [-0.05, 0) is 36.8 Å². The van der Waals surface area contributed by atoms with Crippen LogP contribution in [0.1, 0.15) is 35.3 Å². The number of para-hydroxylation sites is 1. The topological polar surface area (TPSA) is 87.7 Å². The number of carbonyl (C=O) groups excluding carboxylic acids is 3. The van der Waals surface area contributed by atoms with Crippen molar-refractivity contribution in [2.24, 2.45) is 0 Å². The molecule has 30 heavy (non-hydrogen) atoms. The SMILES string of the molecule is CCC(NC(=O)CNC(=O)c1ccc(F)cc1)c1ccccc1OCC(=O)N(C)C. The smallest absolute Gasteiger partial charge is 0.259 e. The first-order valence-corrected chi connectivity index (χ1v) is 9.56. The normalized spacial score (nSPS) is 11.3. The van der Waals surface area contributed by atoms with E-state index in [0.717, 1.165) is 5.56 Å². The van der Waals surface area contributed by atoms with Crippen molar-refractivity contribution in [3.8, 4) is 5.75 Å². The van der Waals surface area contributed by atoms with Gasteiger partial charge in [-0.25, -0.2) is 4.39 Å². The standard InChI is InChI=1S/C22H26FN3O4/c1-4-18(17-7-5-6-8-19(17)30-14-21(28)26(2)3)25-20(27)13-24-22(29)15-9-11-16(23)12-10-15/h5-12,18H,4,13-14H2,1-3H3,(H,24,29)(H,25,27). The summed E-state index contributed by atoms with van der Waals surface area (Å²) in [5.74, 6) is -0.954. The van der Waals surface area contributed by atoms with Crippen LogP contribution < -0.4 is 15.4 Å². The molecule has 160 valence electrons. The highest BCUT2D eigenvalue weighted by atomic mass is 19.1. The molecule has 2 aromatic carbocycles. The minimum absolute atomic E-state index is 0.109. The zero-order chi connectivity index (χ0) is 22.1. The fourth-order valence-electron chi connectivity index (χ4n) is 2.68. The number of rotatable bonds is 9. The summed E-state index contributed by atoms with van der Waals surface area (Å²) in [6.45, 7) is 1.57. The van der Waals surface area contributed by atoms with Crippen LogP contribution in [0.4, 0.5) is 4.39 Å². The molecule has 2 aromatic rings. The highest BCUT2D eigenvalue weighted by Crippen LogP contribution is 2.27. The fraction of sp³-hybridized carbons (Fsp3) is 0.318. The molecule has 2 N–H and O–H groups in total. The summed E-state index contributed by atoms with van der Waals surface area (Å²) >= 11 is 0. The van der Waals surface area contributed by atoms with E-state index >= 15 is 0 Å². The first-order chi connectivity index (χ1) is 14.3. The van der Waals surface area contributed by atoms with Crippen LogP contribution in [-0.2, 0) is 9.59 Å². The van der Waals surface area contributed by atoms with Gasteiger partial charge in [-0.2, -0.15) is 0 Å². The van der Waals surface area contributed by atoms with Gasteiger partial charge in [0, 0.05) is 25.2 Å². The number of benzene rings is 2. The molecule has 7 nitrogen and oxygen atoms in total. The number of halogens is 1. The van der Waals surface area contributed by atoms with Gasteiger partial charge in [-0.3, -0.25) is 14.4 Å². The average molecular weight is 415 g/mol. The number of hydrogen-bond acceptors (Lipinski definition) is 4. The molecule has 2 rings (SSSR count). The lowest BCUT2D eigenvalue weighted by molar-refractivity contribution is -0.130. The number of ether oxygens (including phenoxy) is 1. The second-order valence-electron chi connectivity index (χ2n) is 6.83. The molecule has 0 aliphatic rings. The third kappa shape index (κ3) is 6.58. The summed E-state index contributed by atoms with van der Waals surface area (Å²) in [5, 5.41) is 5.37.